The summed E-state index contributed by atoms with van der Waals surface area (Å²) in [7, 11) is 3.34. The van der Waals surface area contributed by atoms with Gasteiger partial charge in [0.1, 0.15) is 6.26 Å². The van der Waals surface area contributed by atoms with Crippen LogP contribution in [0.5, 0.6) is 11.5 Å². The molecule has 2 aliphatic heterocycles. The largest absolute Gasteiger partial charge is 0.493 e. The second-order valence-corrected chi connectivity index (χ2v) is 8.67. The van der Waals surface area contributed by atoms with Gasteiger partial charge in [0.05, 0.1) is 20.8 Å². The summed E-state index contributed by atoms with van der Waals surface area (Å²) in [5.74, 6) is 2.17. The Labute approximate surface area is 190 Å². The number of methoxy groups -OCH3 is 2. The molecular weight excluding hydrogens is 408 g/mol. The predicted molar refractivity (Wildman–Crippen MR) is 121 cm³/mol. The zero-order valence-electron chi connectivity index (χ0n) is 19.4. The van der Waals surface area contributed by atoms with Gasteiger partial charge in [-0.15, -0.1) is 0 Å². The Morgan fingerprint density at radius 3 is 2.50 bits per heavy atom. The Hall–Kier alpha value is -2.58. The van der Waals surface area contributed by atoms with E-state index in [4.69, 9.17) is 13.9 Å². The van der Waals surface area contributed by atoms with Crippen molar-refractivity contribution in [3.8, 4) is 11.5 Å². The van der Waals surface area contributed by atoms with Gasteiger partial charge in [-0.05, 0) is 32.3 Å². The topological polar surface area (TPSA) is 71.3 Å². The van der Waals surface area contributed by atoms with E-state index in [1.165, 1.54) is 12.7 Å². The highest BCUT2D eigenvalue weighted by Gasteiger charge is 2.27. The molecule has 0 saturated carbocycles. The molecule has 1 atom stereocenters. The summed E-state index contributed by atoms with van der Waals surface area (Å²) in [6.07, 6.45) is 4.82. The highest BCUT2D eigenvalue weighted by atomic mass is 16.5. The van der Waals surface area contributed by atoms with Gasteiger partial charge in [0.15, 0.2) is 17.2 Å². The van der Waals surface area contributed by atoms with Crippen molar-refractivity contribution in [2.45, 2.75) is 45.3 Å². The lowest BCUT2D eigenvalue weighted by Gasteiger charge is -2.34. The standard InChI is InChI=1S/C24H34N4O4/c1-18-7-4-5-10-28(18)24(29)20-17-32-22(25-20)16-27-13-11-26(12-14-27)15-19-8-6-9-21(30-2)23(19)31-3/h6,8-9,17-18H,4-5,7,10-16H2,1-3H3. The molecule has 32 heavy (non-hydrogen) atoms. The zero-order chi connectivity index (χ0) is 22.5. The average molecular weight is 443 g/mol. The lowest BCUT2D eigenvalue weighted by atomic mass is 10.0. The average Bonchev–Trinajstić information content (AvgIpc) is 3.28. The maximum Gasteiger partial charge on any atom is 0.276 e. The zero-order valence-corrected chi connectivity index (χ0v) is 19.4. The molecule has 4 rings (SSSR count). The summed E-state index contributed by atoms with van der Waals surface area (Å²) in [5.41, 5.74) is 1.56. The van der Waals surface area contributed by atoms with Crippen LogP contribution in [0.15, 0.2) is 28.9 Å². The molecule has 1 aromatic carbocycles. The van der Waals surface area contributed by atoms with E-state index in [1.807, 2.05) is 17.0 Å². The van der Waals surface area contributed by atoms with Gasteiger partial charge in [0, 0.05) is 50.9 Å². The number of piperidine rings is 1. The molecule has 0 bridgehead atoms. The number of hydrogen-bond acceptors (Lipinski definition) is 7. The first-order valence-electron chi connectivity index (χ1n) is 11.5. The number of carbonyl (C=O) groups is 1. The second-order valence-electron chi connectivity index (χ2n) is 8.67. The maximum atomic E-state index is 12.8. The smallest absolute Gasteiger partial charge is 0.276 e. The molecule has 2 aromatic rings. The first-order chi connectivity index (χ1) is 15.6. The Morgan fingerprint density at radius 1 is 1.06 bits per heavy atom. The number of para-hydroxylation sites is 1. The van der Waals surface area contributed by atoms with Crippen molar-refractivity contribution >= 4 is 5.91 Å². The van der Waals surface area contributed by atoms with Crippen LogP contribution in [0.3, 0.4) is 0 Å². The fourth-order valence-electron chi connectivity index (χ4n) is 4.64. The minimum Gasteiger partial charge on any atom is -0.493 e. The molecule has 8 nitrogen and oxygen atoms in total. The van der Waals surface area contributed by atoms with Crippen LogP contribution in [-0.4, -0.2) is 78.6 Å². The second kappa shape index (κ2) is 10.4. The van der Waals surface area contributed by atoms with Gasteiger partial charge >= 0.3 is 0 Å². The van der Waals surface area contributed by atoms with E-state index in [2.05, 4.69) is 27.8 Å². The SMILES string of the molecule is COc1cccc(CN2CCN(Cc3nc(C(=O)N4CCCCC4C)co3)CC2)c1OC. The molecule has 2 aliphatic rings. The van der Waals surface area contributed by atoms with Gasteiger partial charge in [-0.3, -0.25) is 14.6 Å². The molecule has 0 radical (unpaired) electrons. The van der Waals surface area contributed by atoms with Crippen LogP contribution in [-0.2, 0) is 13.1 Å². The Bertz CT molecular complexity index is 907. The van der Waals surface area contributed by atoms with E-state index < -0.39 is 0 Å². The summed E-state index contributed by atoms with van der Waals surface area (Å²) in [6, 6.07) is 6.27. The van der Waals surface area contributed by atoms with E-state index >= 15 is 0 Å². The van der Waals surface area contributed by atoms with Crippen molar-refractivity contribution in [3.05, 3.63) is 41.6 Å². The molecule has 2 saturated heterocycles. The van der Waals surface area contributed by atoms with Crippen molar-refractivity contribution < 1.29 is 18.7 Å². The first kappa shape index (κ1) is 22.6. The Balaban J connectivity index is 1.29. The fourth-order valence-corrected chi connectivity index (χ4v) is 4.64. The third kappa shape index (κ3) is 5.07. The van der Waals surface area contributed by atoms with Gasteiger partial charge in [-0.25, -0.2) is 4.98 Å². The van der Waals surface area contributed by atoms with Crippen molar-refractivity contribution in [3.63, 3.8) is 0 Å². The quantitative estimate of drug-likeness (QED) is 0.653. The van der Waals surface area contributed by atoms with Crippen LogP contribution in [0.25, 0.3) is 0 Å². The van der Waals surface area contributed by atoms with Crippen molar-refractivity contribution in [2.75, 3.05) is 46.9 Å². The maximum absolute atomic E-state index is 12.8. The fraction of sp³-hybridized carbons (Fsp3) is 0.583. The molecule has 0 N–H and O–H groups in total. The van der Waals surface area contributed by atoms with Crippen LogP contribution < -0.4 is 9.47 Å². The van der Waals surface area contributed by atoms with E-state index in [0.29, 0.717) is 18.1 Å². The van der Waals surface area contributed by atoms with Gasteiger partial charge in [-0.1, -0.05) is 12.1 Å². The molecule has 8 heteroatoms. The number of hydrogen-bond donors (Lipinski definition) is 0. The lowest BCUT2D eigenvalue weighted by molar-refractivity contribution is 0.0629. The van der Waals surface area contributed by atoms with Crippen LogP contribution in [0, 0.1) is 0 Å². The summed E-state index contributed by atoms with van der Waals surface area (Å²) in [5, 5.41) is 0. The number of rotatable bonds is 7. The summed E-state index contributed by atoms with van der Waals surface area (Å²) >= 11 is 0. The molecule has 0 spiro atoms. The number of likely N-dealkylation sites (tertiary alicyclic amines) is 1. The normalized spacial score (nSPS) is 20.3. The Morgan fingerprint density at radius 2 is 1.81 bits per heavy atom. The first-order valence-corrected chi connectivity index (χ1v) is 11.5. The van der Waals surface area contributed by atoms with Crippen LogP contribution in [0.1, 0.15) is 48.1 Å². The monoisotopic (exact) mass is 442 g/mol. The van der Waals surface area contributed by atoms with Gasteiger partial charge < -0.3 is 18.8 Å². The molecule has 3 heterocycles. The number of carbonyl (C=O) groups excluding carboxylic acids is 1. The minimum atomic E-state index is -0.00995. The molecule has 1 amide bonds. The highest BCUT2D eigenvalue weighted by Crippen LogP contribution is 2.31. The molecule has 0 aliphatic carbocycles. The third-order valence-corrected chi connectivity index (χ3v) is 6.54. The van der Waals surface area contributed by atoms with Crippen molar-refractivity contribution in [2.24, 2.45) is 0 Å². The van der Waals surface area contributed by atoms with Crippen LogP contribution in [0.2, 0.25) is 0 Å². The lowest BCUT2D eigenvalue weighted by Crippen LogP contribution is -2.45. The van der Waals surface area contributed by atoms with E-state index in [-0.39, 0.29) is 11.9 Å². The van der Waals surface area contributed by atoms with Gasteiger partial charge in [0.25, 0.3) is 5.91 Å². The molecule has 1 unspecified atom stereocenters. The number of nitrogens with zero attached hydrogens (tertiary/aromatic N) is 4. The third-order valence-electron chi connectivity index (χ3n) is 6.54. The predicted octanol–water partition coefficient (Wildman–Crippen LogP) is 3.02. The molecule has 1 aromatic heterocycles. The number of ether oxygens (including phenoxy) is 2. The van der Waals surface area contributed by atoms with E-state index in [9.17, 15) is 4.79 Å². The molecule has 174 valence electrons. The van der Waals surface area contributed by atoms with Crippen LogP contribution >= 0.6 is 0 Å². The van der Waals surface area contributed by atoms with E-state index in [1.54, 1.807) is 14.2 Å². The van der Waals surface area contributed by atoms with Gasteiger partial charge in [0.2, 0.25) is 5.89 Å². The number of oxazole rings is 1. The minimum absolute atomic E-state index is 0.00995. The number of aromatic nitrogens is 1. The molecular formula is C24H34N4O4. The van der Waals surface area contributed by atoms with Gasteiger partial charge in [-0.2, -0.15) is 0 Å². The van der Waals surface area contributed by atoms with Crippen molar-refractivity contribution in [1.82, 2.24) is 19.7 Å². The number of piperazine rings is 1. The van der Waals surface area contributed by atoms with Crippen LogP contribution in [0.4, 0.5) is 0 Å². The number of amides is 1. The Kier molecular flexibility index (Phi) is 7.32. The number of benzene rings is 1. The van der Waals surface area contributed by atoms with Crippen molar-refractivity contribution in [1.29, 1.82) is 0 Å². The summed E-state index contributed by atoms with van der Waals surface area (Å²) < 4.78 is 16.6. The van der Waals surface area contributed by atoms with E-state index in [0.717, 1.165) is 69.2 Å². The molecule has 2 fully saturated rings. The summed E-state index contributed by atoms with van der Waals surface area (Å²) in [4.78, 5) is 24.0. The highest BCUT2D eigenvalue weighted by molar-refractivity contribution is 5.92. The summed E-state index contributed by atoms with van der Waals surface area (Å²) in [6.45, 7) is 8.08.